The van der Waals surface area contributed by atoms with Crippen molar-refractivity contribution < 1.29 is 0 Å². The number of rotatable bonds is 7. The third kappa shape index (κ3) is 4.81. The van der Waals surface area contributed by atoms with Gasteiger partial charge in [0.2, 0.25) is 0 Å². The summed E-state index contributed by atoms with van der Waals surface area (Å²) in [6, 6.07) is 4.81. The maximum atomic E-state index is 6.21. The molecular weight excluding hydrogens is 254 g/mol. The molecule has 0 spiro atoms. The highest BCUT2D eigenvalue weighted by atomic mass is 35.5. The molecule has 19 heavy (non-hydrogen) atoms. The highest BCUT2D eigenvalue weighted by Crippen LogP contribution is 2.29. The van der Waals surface area contributed by atoms with E-state index in [2.05, 4.69) is 52.1 Å². The van der Waals surface area contributed by atoms with Gasteiger partial charge in [-0.05, 0) is 61.9 Å². The fraction of sp³-hybridized carbons (Fsp3) is 0.647. The topological polar surface area (TPSA) is 12.0 Å². The van der Waals surface area contributed by atoms with Crippen molar-refractivity contribution in [2.75, 3.05) is 6.54 Å². The lowest BCUT2D eigenvalue weighted by Crippen LogP contribution is -2.24. The van der Waals surface area contributed by atoms with Crippen LogP contribution >= 0.6 is 11.6 Å². The van der Waals surface area contributed by atoms with Crippen molar-refractivity contribution >= 4 is 11.6 Å². The molecule has 1 rings (SSSR count). The van der Waals surface area contributed by atoms with E-state index in [9.17, 15) is 0 Å². The van der Waals surface area contributed by atoms with Gasteiger partial charge in [-0.1, -0.05) is 44.9 Å². The van der Waals surface area contributed by atoms with Crippen molar-refractivity contribution in [1.29, 1.82) is 0 Å². The lowest BCUT2D eigenvalue weighted by Gasteiger charge is -2.24. The van der Waals surface area contributed by atoms with Crippen LogP contribution in [0.15, 0.2) is 12.1 Å². The average Bonchev–Trinajstić information content (AvgIpc) is 2.38. The van der Waals surface area contributed by atoms with Crippen molar-refractivity contribution in [3.05, 3.63) is 33.8 Å². The Bertz CT molecular complexity index is 400. The molecule has 0 heterocycles. The molecule has 0 bridgehead atoms. The van der Waals surface area contributed by atoms with Gasteiger partial charge in [-0.3, -0.25) is 0 Å². The van der Waals surface area contributed by atoms with Gasteiger partial charge in [0.25, 0.3) is 0 Å². The SMILES string of the molecule is CCCNC(CC(C)CC)c1cc(C)c(Cl)cc1C. The zero-order chi connectivity index (χ0) is 14.4. The molecule has 1 nitrogen and oxygen atoms in total. The lowest BCUT2D eigenvalue weighted by atomic mass is 9.91. The van der Waals surface area contributed by atoms with Gasteiger partial charge in [0.05, 0.1) is 0 Å². The minimum atomic E-state index is 0.450. The fourth-order valence-electron chi connectivity index (χ4n) is 2.39. The molecule has 1 aromatic carbocycles. The first-order chi connectivity index (χ1) is 8.99. The minimum absolute atomic E-state index is 0.450. The summed E-state index contributed by atoms with van der Waals surface area (Å²) < 4.78 is 0. The van der Waals surface area contributed by atoms with E-state index in [4.69, 9.17) is 11.6 Å². The third-order valence-corrected chi connectivity index (χ3v) is 4.31. The highest BCUT2D eigenvalue weighted by Gasteiger charge is 2.16. The van der Waals surface area contributed by atoms with Gasteiger partial charge in [-0.15, -0.1) is 0 Å². The molecule has 1 aromatic rings. The fourth-order valence-corrected chi connectivity index (χ4v) is 2.60. The third-order valence-electron chi connectivity index (χ3n) is 3.90. The summed E-state index contributed by atoms with van der Waals surface area (Å²) in [4.78, 5) is 0. The Hall–Kier alpha value is -0.530. The van der Waals surface area contributed by atoms with Crippen LogP contribution in [0, 0.1) is 19.8 Å². The molecule has 0 aromatic heterocycles. The Kier molecular flexibility index (Phi) is 6.88. The summed E-state index contributed by atoms with van der Waals surface area (Å²) in [5.74, 6) is 0.741. The first-order valence-electron chi connectivity index (χ1n) is 7.49. The molecule has 0 fully saturated rings. The Labute approximate surface area is 123 Å². The second kappa shape index (κ2) is 7.91. The first kappa shape index (κ1) is 16.5. The molecule has 0 aliphatic rings. The monoisotopic (exact) mass is 281 g/mol. The van der Waals surface area contributed by atoms with E-state index in [1.807, 2.05) is 0 Å². The smallest absolute Gasteiger partial charge is 0.0438 e. The summed E-state index contributed by atoms with van der Waals surface area (Å²) in [6.45, 7) is 12.1. The summed E-state index contributed by atoms with van der Waals surface area (Å²) in [7, 11) is 0. The van der Waals surface area contributed by atoms with Crippen LogP contribution in [0.5, 0.6) is 0 Å². The average molecular weight is 282 g/mol. The van der Waals surface area contributed by atoms with Gasteiger partial charge in [0, 0.05) is 11.1 Å². The minimum Gasteiger partial charge on any atom is -0.310 e. The van der Waals surface area contributed by atoms with E-state index in [1.54, 1.807) is 0 Å². The standard InChI is InChI=1S/C17H28ClN/c1-6-8-19-17(9-12(3)7-2)15-10-14(5)16(18)11-13(15)4/h10-12,17,19H,6-9H2,1-5H3. The second-order valence-electron chi connectivity index (χ2n) is 5.71. The van der Waals surface area contributed by atoms with Crippen LogP contribution in [0.3, 0.4) is 0 Å². The number of halogens is 1. The van der Waals surface area contributed by atoms with E-state index >= 15 is 0 Å². The van der Waals surface area contributed by atoms with Crippen molar-refractivity contribution in [2.45, 2.75) is 59.9 Å². The second-order valence-corrected chi connectivity index (χ2v) is 6.12. The van der Waals surface area contributed by atoms with Crippen LogP contribution in [0.2, 0.25) is 5.02 Å². The Morgan fingerprint density at radius 3 is 2.42 bits per heavy atom. The molecule has 0 amide bonds. The van der Waals surface area contributed by atoms with E-state index in [0.717, 1.165) is 17.5 Å². The van der Waals surface area contributed by atoms with Crippen LogP contribution < -0.4 is 5.32 Å². The van der Waals surface area contributed by atoms with Crippen LogP contribution in [0.25, 0.3) is 0 Å². The number of nitrogens with one attached hydrogen (secondary N) is 1. The number of hydrogen-bond acceptors (Lipinski definition) is 1. The summed E-state index contributed by atoms with van der Waals surface area (Å²) in [5, 5.41) is 4.57. The molecule has 2 atom stereocenters. The first-order valence-corrected chi connectivity index (χ1v) is 7.87. The van der Waals surface area contributed by atoms with Gasteiger partial charge in [-0.25, -0.2) is 0 Å². The molecule has 0 aliphatic carbocycles. The van der Waals surface area contributed by atoms with Crippen molar-refractivity contribution in [3.8, 4) is 0 Å². The van der Waals surface area contributed by atoms with Gasteiger partial charge in [-0.2, -0.15) is 0 Å². The summed E-state index contributed by atoms with van der Waals surface area (Å²) in [5.41, 5.74) is 3.89. The maximum Gasteiger partial charge on any atom is 0.0438 e. The molecule has 0 saturated heterocycles. The highest BCUT2D eigenvalue weighted by molar-refractivity contribution is 6.31. The van der Waals surface area contributed by atoms with Crippen molar-refractivity contribution in [3.63, 3.8) is 0 Å². The van der Waals surface area contributed by atoms with Crippen LogP contribution in [-0.2, 0) is 0 Å². The largest absolute Gasteiger partial charge is 0.310 e. The quantitative estimate of drug-likeness (QED) is 0.702. The zero-order valence-corrected chi connectivity index (χ0v) is 13.8. The molecule has 2 unspecified atom stereocenters. The van der Waals surface area contributed by atoms with Crippen LogP contribution in [0.4, 0.5) is 0 Å². The number of hydrogen-bond donors (Lipinski definition) is 1. The normalized spacial score (nSPS) is 14.4. The molecule has 0 aliphatic heterocycles. The lowest BCUT2D eigenvalue weighted by molar-refractivity contribution is 0.401. The van der Waals surface area contributed by atoms with E-state index in [1.165, 1.54) is 36.0 Å². The molecule has 0 radical (unpaired) electrons. The van der Waals surface area contributed by atoms with E-state index in [0.29, 0.717) is 6.04 Å². The number of benzene rings is 1. The molecule has 1 N–H and O–H groups in total. The van der Waals surface area contributed by atoms with Gasteiger partial charge in [0.15, 0.2) is 0 Å². The van der Waals surface area contributed by atoms with Gasteiger partial charge in [0.1, 0.15) is 0 Å². The molecule has 2 heteroatoms. The number of aryl methyl sites for hydroxylation is 2. The van der Waals surface area contributed by atoms with E-state index < -0.39 is 0 Å². The predicted octanol–water partition coefficient (Wildman–Crippen LogP) is 5.43. The van der Waals surface area contributed by atoms with E-state index in [-0.39, 0.29) is 0 Å². The maximum absolute atomic E-state index is 6.21. The van der Waals surface area contributed by atoms with Crippen LogP contribution in [-0.4, -0.2) is 6.54 Å². The Morgan fingerprint density at radius 1 is 1.16 bits per heavy atom. The van der Waals surface area contributed by atoms with Crippen LogP contribution in [0.1, 0.15) is 62.8 Å². The summed E-state index contributed by atoms with van der Waals surface area (Å²) in [6.07, 6.45) is 3.59. The Balaban J connectivity index is 2.98. The van der Waals surface area contributed by atoms with Crippen molar-refractivity contribution in [2.24, 2.45) is 5.92 Å². The zero-order valence-electron chi connectivity index (χ0n) is 13.0. The molecule has 108 valence electrons. The predicted molar refractivity (Wildman–Crippen MR) is 86.0 cm³/mol. The summed E-state index contributed by atoms with van der Waals surface area (Å²) >= 11 is 6.21. The van der Waals surface area contributed by atoms with Gasteiger partial charge < -0.3 is 5.32 Å². The molecule has 0 saturated carbocycles. The molecular formula is C17H28ClN. The Morgan fingerprint density at radius 2 is 1.84 bits per heavy atom. The van der Waals surface area contributed by atoms with Crippen molar-refractivity contribution in [1.82, 2.24) is 5.32 Å². The van der Waals surface area contributed by atoms with Gasteiger partial charge >= 0.3 is 0 Å².